The van der Waals surface area contributed by atoms with Gasteiger partial charge in [-0.2, -0.15) is 0 Å². The van der Waals surface area contributed by atoms with Gasteiger partial charge in [-0.1, -0.05) is 6.42 Å². The molecule has 0 spiro atoms. The first-order valence-electron chi connectivity index (χ1n) is 5.57. The SMILES string of the molecule is c1cc(OCCC2CCCCN2)ncn1. The Balaban J connectivity index is 1.66. The summed E-state index contributed by atoms with van der Waals surface area (Å²) in [7, 11) is 0. The molecule has 1 aliphatic heterocycles. The average Bonchev–Trinajstić information content (AvgIpc) is 2.32. The molecule has 1 unspecified atom stereocenters. The molecule has 1 atom stereocenters. The monoisotopic (exact) mass is 207 g/mol. The Labute approximate surface area is 90.1 Å². The highest BCUT2D eigenvalue weighted by Crippen LogP contribution is 2.10. The molecule has 1 aliphatic rings. The molecule has 0 bridgehead atoms. The molecule has 1 N–H and O–H groups in total. The summed E-state index contributed by atoms with van der Waals surface area (Å²) in [6, 6.07) is 2.41. The van der Waals surface area contributed by atoms with E-state index >= 15 is 0 Å². The van der Waals surface area contributed by atoms with Crippen molar-refractivity contribution in [2.24, 2.45) is 0 Å². The number of piperidine rings is 1. The molecule has 0 aliphatic carbocycles. The zero-order valence-electron chi connectivity index (χ0n) is 8.85. The third kappa shape index (κ3) is 3.47. The summed E-state index contributed by atoms with van der Waals surface area (Å²) < 4.78 is 5.52. The van der Waals surface area contributed by atoms with Gasteiger partial charge in [-0.05, 0) is 25.8 Å². The van der Waals surface area contributed by atoms with Gasteiger partial charge in [0, 0.05) is 18.3 Å². The predicted molar refractivity (Wildman–Crippen MR) is 57.8 cm³/mol. The largest absolute Gasteiger partial charge is 0.478 e. The van der Waals surface area contributed by atoms with E-state index in [1.54, 1.807) is 12.3 Å². The first-order chi connectivity index (χ1) is 7.45. The Hall–Kier alpha value is -1.16. The van der Waals surface area contributed by atoms with E-state index < -0.39 is 0 Å². The Morgan fingerprint density at radius 2 is 2.47 bits per heavy atom. The smallest absolute Gasteiger partial charge is 0.216 e. The summed E-state index contributed by atoms with van der Waals surface area (Å²) in [5, 5.41) is 3.49. The van der Waals surface area contributed by atoms with Crippen LogP contribution in [-0.2, 0) is 0 Å². The van der Waals surface area contributed by atoms with Gasteiger partial charge in [-0.15, -0.1) is 0 Å². The molecule has 0 aromatic carbocycles. The summed E-state index contributed by atoms with van der Waals surface area (Å²) in [6.45, 7) is 1.88. The van der Waals surface area contributed by atoms with Crippen molar-refractivity contribution in [1.82, 2.24) is 15.3 Å². The second-order valence-electron chi connectivity index (χ2n) is 3.83. The van der Waals surface area contributed by atoms with Crippen LogP contribution in [0.5, 0.6) is 5.88 Å². The highest BCUT2D eigenvalue weighted by molar-refractivity contribution is 5.04. The van der Waals surface area contributed by atoms with Crippen LogP contribution in [0.25, 0.3) is 0 Å². The van der Waals surface area contributed by atoms with Gasteiger partial charge in [-0.3, -0.25) is 0 Å². The highest BCUT2D eigenvalue weighted by Gasteiger charge is 2.11. The minimum atomic E-state index is 0.626. The zero-order chi connectivity index (χ0) is 10.3. The minimum absolute atomic E-state index is 0.626. The maximum atomic E-state index is 5.52. The summed E-state index contributed by atoms with van der Waals surface area (Å²) in [5.74, 6) is 0.667. The highest BCUT2D eigenvalue weighted by atomic mass is 16.5. The lowest BCUT2D eigenvalue weighted by molar-refractivity contribution is 0.260. The fourth-order valence-electron chi connectivity index (χ4n) is 1.84. The lowest BCUT2D eigenvalue weighted by atomic mass is 10.0. The van der Waals surface area contributed by atoms with Crippen LogP contribution >= 0.6 is 0 Å². The first kappa shape index (κ1) is 10.4. The third-order valence-electron chi connectivity index (χ3n) is 2.68. The predicted octanol–water partition coefficient (Wildman–Crippen LogP) is 1.39. The van der Waals surface area contributed by atoms with Gasteiger partial charge < -0.3 is 10.1 Å². The van der Waals surface area contributed by atoms with Crippen molar-refractivity contribution in [3.8, 4) is 5.88 Å². The van der Waals surface area contributed by atoms with Gasteiger partial charge in [0.2, 0.25) is 5.88 Å². The van der Waals surface area contributed by atoms with Crippen molar-refractivity contribution in [1.29, 1.82) is 0 Å². The third-order valence-corrected chi connectivity index (χ3v) is 2.68. The molecule has 4 nitrogen and oxygen atoms in total. The van der Waals surface area contributed by atoms with Crippen molar-refractivity contribution in [3.05, 3.63) is 18.6 Å². The number of hydrogen-bond donors (Lipinski definition) is 1. The van der Waals surface area contributed by atoms with Crippen LogP contribution in [0, 0.1) is 0 Å². The Morgan fingerprint density at radius 1 is 1.47 bits per heavy atom. The van der Waals surface area contributed by atoms with E-state index in [2.05, 4.69) is 15.3 Å². The molecule has 15 heavy (non-hydrogen) atoms. The molecule has 0 saturated carbocycles. The molecule has 82 valence electrons. The van der Waals surface area contributed by atoms with Gasteiger partial charge in [0.15, 0.2) is 0 Å². The second kappa shape index (κ2) is 5.66. The minimum Gasteiger partial charge on any atom is -0.478 e. The van der Waals surface area contributed by atoms with Crippen molar-refractivity contribution < 1.29 is 4.74 Å². The van der Waals surface area contributed by atoms with Gasteiger partial charge in [0.05, 0.1) is 6.61 Å². The van der Waals surface area contributed by atoms with Crippen LogP contribution in [0.1, 0.15) is 25.7 Å². The number of ether oxygens (including phenoxy) is 1. The quantitative estimate of drug-likeness (QED) is 0.810. The van der Waals surface area contributed by atoms with Crippen molar-refractivity contribution >= 4 is 0 Å². The topological polar surface area (TPSA) is 47.0 Å². The number of nitrogens with zero attached hydrogens (tertiary/aromatic N) is 2. The van der Waals surface area contributed by atoms with Gasteiger partial charge in [-0.25, -0.2) is 9.97 Å². The van der Waals surface area contributed by atoms with Gasteiger partial charge >= 0.3 is 0 Å². The van der Waals surface area contributed by atoms with Crippen LogP contribution in [0.2, 0.25) is 0 Å². The average molecular weight is 207 g/mol. The van der Waals surface area contributed by atoms with Crippen molar-refractivity contribution in [2.75, 3.05) is 13.2 Å². The zero-order valence-corrected chi connectivity index (χ0v) is 8.85. The van der Waals surface area contributed by atoms with Crippen LogP contribution in [0.4, 0.5) is 0 Å². The summed E-state index contributed by atoms with van der Waals surface area (Å²) in [5.41, 5.74) is 0. The maximum absolute atomic E-state index is 5.52. The molecular formula is C11H17N3O. The Bertz CT molecular complexity index is 272. The van der Waals surface area contributed by atoms with E-state index in [9.17, 15) is 0 Å². The molecule has 1 saturated heterocycles. The normalized spacial score (nSPS) is 21.2. The lowest BCUT2D eigenvalue weighted by Gasteiger charge is -2.23. The molecule has 0 radical (unpaired) electrons. The molecule has 1 fully saturated rings. The van der Waals surface area contributed by atoms with Crippen molar-refractivity contribution in [2.45, 2.75) is 31.7 Å². The molecule has 2 heterocycles. The molecule has 4 heteroatoms. The van der Waals surface area contributed by atoms with Gasteiger partial charge in [0.1, 0.15) is 6.33 Å². The number of rotatable bonds is 4. The number of nitrogens with one attached hydrogen (secondary N) is 1. The molecular weight excluding hydrogens is 190 g/mol. The fraction of sp³-hybridized carbons (Fsp3) is 0.636. The molecule has 0 amide bonds. The van der Waals surface area contributed by atoms with E-state index in [-0.39, 0.29) is 0 Å². The lowest BCUT2D eigenvalue weighted by Crippen LogP contribution is -2.35. The number of aromatic nitrogens is 2. The fourth-order valence-corrected chi connectivity index (χ4v) is 1.84. The standard InChI is InChI=1S/C11H17N3O/c1-2-6-13-10(3-1)5-8-15-11-4-7-12-9-14-11/h4,7,9-10,13H,1-3,5-6,8H2. The van der Waals surface area contributed by atoms with Crippen molar-refractivity contribution in [3.63, 3.8) is 0 Å². The van der Waals surface area contributed by atoms with E-state index in [1.807, 2.05) is 0 Å². The van der Waals surface area contributed by atoms with Crippen LogP contribution in [-0.4, -0.2) is 29.2 Å². The number of hydrogen-bond acceptors (Lipinski definition) is 4. The molecule has 1 aromatic heterocycles. The van der Waals surface area contributed by atoms with E-state index in [0.717, 1.165) is 19.6 Å². The molecule has 2 rings (SSSR count). The van der Waals surface area contributed by atoms with Crippen LogP contribution < -0.4 is 10.1 Å². The summed E-state index contributed by atoms with van der Waals surface area (Å²) in [4.78, 5) is 7.85. The summed E-state index contributed by atoms with van der Waals surface area (Å²) in [6.07, 6.45) is 8.18. The second-order valence-corrected chi connectivity index (χ2v) is 3.83. The van der Waals surface area contributed by atoms with E-state index in [0.29, 0.717) is 11.9 Å². The Morgan fingerprint density at radius 3 is 3.20 bits per heavy atom. The first-order valence-corrected chi connectivity index (χ1v) is 5.57. The maximum Gasteiger partial charge on any atom is 0.216 e. The van der Waals surface area contributed by atoms with E-state index in [1.165, 1.54) is 25.6 Å². The van der Waals surface area contributed by atoms with E-state index in [4.69, 9.17) is 4.74 Å². The van der Waals surface area contributed by atoms with Gasteiger partial charge in [0.25, 0.3) is 0 Å². The van der Waals surface area contributed by atoms with Crippen LogP contribution in [0.3, 0.4) is 0 Å². The molecule has 1 aromatic rings. The Kier molecular flexibility index (Phi) is 3.91. The van der Waals surface area contributed by atoms with Crippen LogP contribution in [0.15, 0.2) is 18.6 Å². The summed E-state index contributed by atoms with van der Waals surface area (Å²) >= 11 is 0.